The predicted molar refractivity (Wildman–Crippen MR) is 78.9 cm³/mol. The molecule has 0 aromatic rings. The number of hydrogen-bond donors (Lipinski definition) is 2. The first-order chi connectivity index (χ1) is 9.99. The number of carboxylic acid groups (broad SMARTS) is 1. The minimum atomic E-state index is -0.805. The Morgan fingerprint density at radius 1 is 1.14 bits per heavy atom. The van der Waals surface area contributed by atoms with E-state index in [1.165, 1.54) is 25.7 Å². The number of carbonyl (C=O) groups is 2. The molecule has 118 valence electrons. The summed E-state index contributed by atoms with van der Waals surface area (Å²) in [4.78, 5) is 26.0. The summed E-state index contributed by atoms with van der Waals surface area (Å²) in [6.45, 7) is 3.46. The lowest BCUT2D eigenvalue weighted by Crippen LogP contribution is -2.52. The van der Waals surface area contributed by atoms with Crippen LogP contribution in [0.3, 0.4) is 0 Å². The first-order valence-corrected chi connectivity index (χ1v) is 8.28. The van der Waals surface area contributed by atoms with Gasteiger partial charge in [-0.3, -0.25) is 4.79 Å². The highest BCUT2D eigenvalue weighted by Crippen LogP contribution is 2.39. The third kappa shape index (κ3) is 3.33. The molecule has 0 spiro atoms. The number of hydrogen-bond acceptors (Lipinski definition) is 2. The average molecular weight is 294 g/mol. The second kappa shape index (κ2) is 5.50. The van der Waals surface area contributed by atoms with Crippen molar-refractivity contribution in [1.82, 2.24) is 10.2 Å². The van der Waals surface area contributed by atoms with E-state index in [1.807, 2.05) is 4.90 Å². The van der Waals surface area contributed by atoms with Gasteiger partial charge in [-0.25, -0.2) is 4.79 Å². The van der Waals surface area contributed by atoms with Gasteiger partial charge in [-0.2, -0.15) is 0 Å². The van der Waals surface area contributed by atoms with Crippen molar-refractivity contribution in [3.63, 3.8) is 0 Å². The Hall–Kier alpha value is -1.26. The smallest absolute Gasteiger partial charge is 0.317 e. The number of aliphatic carboxylic acids is 1. The Morgan fingerprint density at radius 3 is 2.19 bits per heavy atom. The number of urea groups is 1. The molecule has 0 aliphatic heterocycles. The summed E-state index contributed by atoms with van der Waals surface area (Å²) >= 11 is 0. The SMILES string of the molecule is CC1(C(=O)O)CCCC1NC(=O)N(CC1CC1)CC1CC1. The standard InChI is InChI=1S/C16H26N2O3/c1-16(14(19)20)8-2-3-13(16)17-15(21)18(9-11-4-5-11)10-12-6-7-12/h11-13H,2-10H2,1H3,(H,17,21)(H,19,20). The molecule has 0 aromatic carbocycles. The van der Waals surface area contributed by atoms with E-state index in [0.717, 1.165) is 25.9 Å². The summed E-state index contributed by atoms with van der Waals surface area (Å²) < 4.78 is 0. The maximum absolute atomic E-state index is 12.6. The number of nitrogens with one attached hydrogen (secondary N) is 1. The summed E-state index contributed by atoms with van der Waals surface area (Å²) in [5.74, 6) is 0.550. The first-order valence-electron chi connectivity index (χ1n) is 8.28. The van der Waals surface area contributed by atoms with Crippen LogP contribution in [0.5, 0.6) is 0 Å². The molecule has 0 radical (unpaired) electrons. The van der Waals surface area contributed by atoms with Crippen molar-refractivity contribution in [2.75, 3.05) is 13.1 Å². The van der Waals surface area contributed by atoms with Crippen LogP contribution in [-0.2, 0) is 4.79 Å². The molecule has 0 heterocycles. The third-order valence-electron chi connectivity index (χ3n) is 5.38. The van der Waals surface area contributed by atoms with Gasteiger partial charge in [0.05, 0.1) is 5.41 Å². The highest BCUT2D eigenvalue weighted by molar-refractivity contribution is 5.79. The van der Waals surface area contributed by atoms with Gasteiger partial charge in [0.1, 0.15) is 0 Å². The van der Waals surface area contributed by atoms with Crippen molar-refractivity contribution < 1.29 is 14.7 Å². The van der Waals surface area contributed by atoms with Crippen LogP contribution in [0.15, 0.2) is 0 Å². The summed E-state index contributed by atoms with van der Waals surface area (Å²) in [6.07, 6.45) is 7.21. The van der Waals surface area contributed by atoms with E-state index in [2.05, 4.69) is 5.32 Å². The van der Waals surface area contributed by atoms with Gasteiger partial charge in [0.15, 0.2) is 0 Å². The fourth-order valence-corrected chi connectivity index (χ4v) is 3.36. The van der Waals surface area contributed by atoms with Gasteiger partial charge < -0.3 is 15.3 Å². The molecule has 2 unspecified atom stereocenters. The number of nitrogens with zero attached hydrogens (tertiary/aromatic N) is 1. The summed E-state index contributed by atoms with van der Waals surface area (Å²) in [5.41, 5.74) is -0.805. The lowest BCUT2D eigenvalue weighted by molar-refractivity contribution is -0.148. The molecule has 21 heavy (non-hydrogen) atoms. The van der Waals surface area contributed by atoms with Crippen molar-refractivity contribution in [3.05, 3.63) is 0 Å². The van der Waals surface area contributed by atoms with Gasteiger partial charge in [0, 0.05) is 19.1 Å². The zero-order chi connectivity index (χ0) is 15.0. The van der Waals surface area contributed by atoms with Gasteiger partial charge in [-0.15, -0.1) is 0 Å². The highest BCUT2D eigenvalue weighted by atomic mass is 16.4. The van der Waals surface area contributed by atoms with Crippen LogP contribution >= 0.6 is 0 Å². The van der Waals surface area contributed by atoms with E-state index in [1.54, 1.807) is 6.92 Å². The van der Waals surface area contributed by atoms with Crippen LogP contribution in [0.2, 0.25) is 0 Å². The Bertz CT molecular complexity index is 417. The Balaban J connectivity index is 1.60. The lowest BCUT2D eigenvalue weighted by atomic mass is 9.85. The lowest BCUT2D eigenvalue weighted by Gasteiger charge is -2.31. The molecule has 2 amide bonds. The molecule has 3 saturated carbocycles. The molecule has 2 atom stereocenters. The van der Waals surface area contributed by atoms with Crippen molar-refractivity contribution in [3.8, 4) is 0 Å². The fourth-order valence-electron chi connectivity index (χ4n) is 3.36. The third-order valence-corrected chi connectivity index (χ3v) is 5.38. The Labute approximate surface area is 126 Å². The van der Waals surface area contributed by atoms with Crippen molar-refractivity contribution >= 4 is 12.0 Å². The molecule has 5 nitrogen and oxygen atoms in total. The van der Waals surface area contributed by atoms with Crippen molar-refractivity contribution in [1.29, 1.82) is 0 Å². The minimum absolute atomic E-state index is 0.0480. The maximum Gasteiger partial charge on any atom is 0.317 e. The van der Waals surface area contributed by atoms with E-state index in [4.69, 9.17) is 0 Å². The second-order valence-electron chi connectivity index (χ2n) is 7.41. The van der Waals surface area contributed by atoms with Crippen molar-refractivity contribution in [2.45, 2.75) is 57.9 Å². The van der Waals surface area contributed by atoms with Crippen molar-refractivity contribution in [2.24, 2.45) is 17.3 Å². The summed E-state index contributed by atoms with van der Waals surface area (Å²) in [6, 6.07) is -0.281. The molecule has 3 aliphatic rings. The zero-order valence-electron chi connectivity index (χ0n) is 12.8. The Morgan fingerprint density at radius 2 is 1.71 bits per heavy atom. The predicted octanol–water partition coefficient (Wildman–Crippen LogP) is 2.46. The van der Waals surface area contributed by atoms with Crippen LogP contribution < -0.4 is 5.32 Å². The second-order valence-corrected chi connectivity index (χ2v) is 7.41. The molecular weight excluding hydrogens is 268 g/mol. The van der Waals surface area contributed by atoms with Gasteiger partial charge in [-0.05, 0) is 57.3 Å². The average Bonchev–Trinajstić information content (AvgIpc) is 3.33. The monoisotopic (exact) mass is 294 g/mol. The quantitative estimate of drug-likeness (QED) is 0.790. The fraction of sp³-hybridized carbons (Fsp3) is 0.875. The maximum atomic E-state index is 12.6. The van der Waals surface area contributed by atoms with Gasteiger partial charge in [-0.1, -0.05) is 6.42 Å². The van der Waals surface area contributed by atoms with Crippen LogP contribution in [0.25, 0.3) is 0 Å². The van der Waals surface area contributed by atoms with E-state index in [-0.39, 0.29) is 12.1 Å². The molecule has 5 heteroatoms. The molecule has 3 aliphatic carbocycles. The summed E-state index contributed by atoms with van der Waals surface area (Å²) in [7, 11) is 0. The van der Waals surface area contributed by atoms with E-state index in [0.29, 0.717) is 18.3 Å². The zero-order valence-corrected chi connectivity index (χ0v) is 12.8. The topological polar surface area (TPSA) is 69.6 Å². The number of amides is 2. The Kier molecular flexibility index (Phi) is 3.84. The summed E-state index contributed by atoms with van der Waals surface area (Å²) in [5, 5.41) is 12.5. The highest BCUT2D eigenvalue weighted by Gasteiger charge is 2.46. The number of carboxylic acids is 1. The molecule has 0 aromatic heterocycles. The first kappa shape index (κ1) is 14.7. The van der Waals surface area contributed by atoms with Crippen LogP contribution in [0.4, 0.5) is 4.79 Å². The van der Waals surface area contributed by atoms with Gasteiger partial charge in [0.2, 0.25) is 0 Å². The normalized spacial score (nSPS) is 32.0. The largest absolute Gasteiger partial charge is 0.481 e. The minimum Gasteiger partial charge on any atom is -0.481 e. The molecule has 2 N–H and O–H groups in total. The van der Waals surface area contributed by atoms with E-state index >= 15 is 0 Å². The number of carbonyl (C=O) groups excluding carboxylic acids is 1. The molecule has 3 fully saturated rings. The van der Waals surface area contributed by atoms with Crippen LogP contribution in [0, 0.1) is 17.3 Å². The van der Waals surface area contributed by atoms with Crippen LogP contribution in [-0.4, -0.2) is 41.1 Å². The van der Waals surface area contributed by atoms with Gasteiger partial charge in [0.25, 0.3) is 0 Å². The van der Waals surface area contributed by atoms with Crippen LogP contribution in [0.1, 0.15) is 51.9 Å². The molecular formula is C16H26N2O3. The van der Waals surface area contributed by atoms with E-state index in [9.17, 15) is 14.7 Å². The van der Waals surface area contributed by atoms with Gasteiger partial charge >= 0.3 is 12.0 Å². The molecule has 0 bridgehead atoms. The number of rotatable bonds is 6. The molecule has 0 saturated heterocycles. The van der Waals surface area contributed by atoms with E-state index < -0.39 is 11.4 Å². The molecule has 3 rings (SSSR count).